The number of phosphoric ester groups is 1. The second-order valence-corrected chi connectivity index (χ2v) is 19.1. The van der Waals surface area contributed by atoms with Gasteiger partial charge in [0.25, 0.3) is 0 Å². The average molecular weight is 893 g/mol. The number of rotatable bonds is 43. The maximum Gasteiger partial charge on any atom is 0.472 e. The molecular formula is C48H93O12P. The van der Waals surface area contributed by atoms with Crippen molar-refractivity contribution >= 4 is 13.8 Å². The van der Waals surface area contributed by atoms with E-state index in [4.69, 9.17) is 18.5 Å². The zero-order valence-electron chi connectivity index (χ0n) is 38.7. The number of ether oxygens (including phenoxy) is 2. The third-order valence-electron chi connectivity index (χ3n) is 11.9. The van der Waals surface area contributed by atoms with Gasteiger partial charge in [-0.05, 0) is 38.5 Å². The first-order valence-corrected chi connectivity index (χ1v) is 26.5. The van der Waals surface area contributed by atoms with E-state index >= 15 is 0 Å². The highest BCUT2D eigenvalue weighted by Gasteiger charge is 2.51. The van der Waals surface area contributed by atoms with Crippen molar-refractivity contribution in [3.63, 3.8) is 0 Å². The molecule has 1 aliphatic rings. The summed E-state index contributed by atoms with van der Waals surface area (Å²) in [7, 11) is -5.02. The van der Waals surface area contributed by atoms with E-state index in [0.717, 1.165) is 51.4 Å². The lowest BCUT2D eigenvalue weighted by atomic mass is 9.85. The van der Waals surface area contributed by atoms with Crippen molar-refractivity contribution in [1.82, 2.24) is 0 Å². The molecule has 1 aliphatic carbocycles. The van der Waals surface area contributed by atoms with Gasteiger partial charge < -0.3 is 39.9 Å². The first kappa shape index (κ1) is 58.1. The third-order valence-corrected chi connectivity index (χ3v) is 12.9. The Morgan fingerprint density at radius 3 is 1.30 bits per heavy atom. The summed E-state index contributed by atoms with van der Waals surface area (Å²) < 4.78 is 34.3. The van der Waals surface area contributed by atoms with E-state index < -0.39 is 63.1 Å². The maximum absolute atomic E-state index is 12.8. The Balaban J connectivity index is 2.35. The van der Waals surface area contributed by atoms with Crippen LogP contribution in [0.2, 0.25) is 0 Å². The van der Waals surface area contributed by atoms with Crippen LogP contribution in [0.3, 0.4) is 0 Å². The van der Waals surface area contributed by atoms with E-state index in [-0.39, 0.29) is 13.0 Å². The molecule has 0 radical (unpaired) electrons. The van der Waals surface area contributed by atoms with Crippen molar-refractivity contribution in [2.24, 2.45) is 0 Å². The van der Waals surface area contributed by atoms with Crippen LogP contribution in [-0.2, 0) is 27.9 Å². The number of carbonyl (C=O) groups excluding carboxylic acids is 1. The minimum Gasteiger partial charge on any atom is -0.457 e. The molecule has 1 fully saturated rings. The van der Waals surface area contributed by atoms with Gasteiger partial charge >= 0.3 is 13.8 Å². The quantitative estimate of drug-likeness (QED) is 0.0147. The Kier molecular flexibility index (Phi) is 37.6. The van der Waals surface area contributed by atoms with Crippen molar-refractivity contribution in [3.05, 3.63) is 12.2 Å². The van der Waals surface area contributed by atoms with Crippen LogP contribution in [0.15, 0.2) is 12.2 Å². The molecule has 6 unspecified atom stereocenters. The summed E-state index contributed by atoms with van der Waals surface area (Å²) in [5.41, 5.74) is 0. The van der Waals surface area contributed by atoms with Gasteiger partial charge in [0, 0.05) is 13.0 Å². The highest BCUT2D eigenvalue weighted by molar-refractivity contribution is 7.47. The molecular weight excluding hydrogens is 799 g/mol. The van der Waals surface area contributed by atoms with Gasteiger partial charge in [-0.25, -0.2) is 4.57 Å². The van der Waals surface area contributed by atoms with Gasteiger partial charge in [0.1, 0.15) is 42.7 Å². The number of carbonyl (C=O) groups is 1. The number of aliphatic hydroxyl groups is 5. The summed E-state index contributed by atoms with van der Waals surface area (Å²) >= 11 is 0. The predicted octanol–water partition coefficient (Wildman–Crippen LogP) is 10.7. The van der Waals surface area contributed by atoms with Crippen LogP contribution in [0.5, 0.6) is 0 Å². The van der Waals surface area contributed by atoms with Gasteiger partial charge in [0.15, 0.2) is 0 Å². The number of unbranched alkanes of at least 4 members (excludes halogenated alkanes) is 29. The Morgan fingerprint density at radius 2 is 0.869 bits per heavy atom. The fraction of sp³-hybridized carbons (Fsp3) is 0.938. The Bertz CT molecular complexity index is 1060. The summed E-state index contributed by atoms with van der Waals surface area (Å²) in [6, 6.07) is 0. The maximum atomic E-state index is 12.8. The zero-order chi connectivity index (χ0) is 44.8. The zero-order valence-corrected chi connectivity index (χ0v) is 39.6. The Labute approximate surface area is 371 Å². The van der Waals surface area contributed by atoms with E-state index in [2.05, 4.69) is 26.0 Å². The number of allylic oxidation sites excluding steroid dienone is 2. The van der Waals surface area contributed by atoms with Crippen LogP contribution in [-0.4, -0.2) is 98.9 Å². The highest BCUT2D eigenvalue weighted by Crippen LogP contribution is 2.47. The standard InChI is InChI=1S/C48H93O12P/c1-3-5-7-9-11-13-15-17-19-21-23-25-27-29-31-33-35-37-42(49)59-41(40-58-61(55,56)60-48-46(53)44(51)43(50)45(52)47(48)54)39-57-38-36-34-32-30-28-26-24-22-20-18-16-14-12-10-8-6-4-2/h20,22,41,43-48,50-54H,3-19,21,23-40H2,1-2H3,(H,55,56)/b22-20-. The average Bonchev–Trinajstić information content (AvgIpc) is 3.24. The first-order valence-electron chi connectivity index (χ1n) is 25.0. The minimum absolute atomic E-state index is 0.0751. The summed E-state index contributed by atoms with van der Waals surface area (Å²) in [5, 5.41) is 50.2. The summed E-state index contributed by atoms with van der Waals surface area (Å²) in [6.45, 7) is 4.28. The lowest BCUT2D eigenvalue weighted by Crippen LogP contribution is -2.64. The first-order chi connectivity index (χ1) is 29.5. The lowest BCUT2D eigenvalue weighted by Gasteiger charge is -2.41. The predicted molar refractivity (Wildman–Crippen MR) is 244 cm³/mol. The van der Waals surface area contributed by atoms with Crippen molar-refractivity contribution in [2.75, 3.05) is 19.8 Å². The van der Waals surface area contributed by atoms with Gasteiger partial charge in [0.05, 0.1) is 13.2 Å². The van der Waals surface area contributed by atoms with Gasteiger partial charge in [-0.15, -0.1) is 0 Å². The van der Waals surface area contributed by atoms with Crippen LogP contribution < -0.4 is 0 Å². The normalized spacial score (nSPS) is 22.2. The Hall–Kier alpha value is -0.920. The van der Waals surface area contributed by atoms with E-state index in [1.54, 1.807) is 0 Å². The SMILES string of the molecule is CCCCCCCCC/C=C\CCCCCCCCOCC(COP(=O)(O)OC1C(O)C(O)C(O)C(O)C1O)OC(=O)CCCCCCCCCCCCCCCCCCC. The molecule has 1 saturated carbocycles. The Morgan fingerprint density at radius 1 is 0.508 bits per heavy atom. The van der Waals surface area contributed by atoms with Crippen LogP contribution in [0.1, 0.15) is 226 Å². The van der Waals surface area contributed by atoms with Crippen molar-refractivity contribution in [1.29, 1.82) is 0 Å². The smallest absolute Gasteiger partial charge is 0.457 e. The van der Waals surface area contributed by atoms with Crippen LogP contribution in [0.4, 0.5) is 0 Å². The molecule has 6 atom stereocenters. The van der Waals surface area contributed by atoms with Gasteiger partial charge in [0.2, 0.25) is 0 Å². The third kappa shape index (κ3) is 31.6. The number of aliphatic hydroxyl groups excluding tert-OH is 5. The molecule has 0 aliphatic heterocycles. The minimum atomic E-state index is -5.02. The van der Waals surface area contributed by atoms with Crippen molar-refractivity contribution < 1.29 is 58.3 Å². The molecule has 0 amide bonds. The molecule has 13 heteroatoms. The van der Waals surface area contributed by atoms with Crippen LogP contribution in [0.25, 0.3) is 0 Å². The summed E-state index contributed by atoms with van der Waals surface area (Å²) in [4.78, 5) is 23.2. The molecule has 6 N–H and O–H groups in total. The van der Waals surface area contributed by atoms with E-state index in [1.807, 2.05) is 0 Å². The molecule has 0 aromatic heterocycles. The molecule has 0 aromatic carbocycles. The highest BCUT2D eigenvalue weighted by atomic mass is 31.2. The van der Waals surface area contributed by atoms with E-state index in [9.17, 15) is 39.8 Å². The van der Waals surface area contributed by atoms with Crippen LogP contribution in [0, 0.1) is 0 Å². The monoisotopic (exact) mass is 893 g/mol. The second-order valence-electron chi connectivity index (χ2n) is 17.7. The van der Waals surface area contributed by atoms with E-state index in [1.165, 1.54) is 148 Å². The molecule has 0 aromatic rings. The van der Waals surface area contributed by atoms with Crippen molar-refractivity contribution in [3.8, 4) is 0 Å². The largest absolute Gasteiger partial charge is 0.472 e. The van der Waals surface area contributed by atoms with Gasteiger partial charge in [-0.2, -0.15) is 0 Å². The van der Waals surface area contributed by atoms with Crippen molar-refractivity contribution in [2.45, 2.75) is 268 Å². The molecule has 362 valence electrons. The molecule has 61 heavy (non-hydrogen) atoms. The fourth-order valence-corrected chi connectivity index (χ4v) is 8.85. The van der Waals surface area contributed by atoms with Crippen LogP contribution >= 0.6 is 7.82 Å². The molecule has 12 nitrogen and oxygen atoms in total. The van der Waals surface area contributed by atoms with Gasteiger partial charge in [-0.3, -0.25) is 13.8 Å². The summed E-state index contributed by atoms with van der Waals surface area (Å²) in [5.74, 6) is -0.474. The molecule has 1 rings (SSSR count). The molecule has 0 saturated heterocycles. The lowest BCUT2D eigenvalue weighted by molar-refractivity contribution is -0.220. The molecule has 0 spiro atoms. The van der Waals surface area contributed by atoms with E-state index in [0.29, 0.717) is 13.0 Å². The summed E-state index contributed by atoms with van der Waals surface area (Å²) in [6.07, 6.45) is 31.3. The number of hydrogen-bond donors (Lipinski definition) is 6. The van der Waals surface area contributed by atoms with Gasteiger partial charge in [-0.1, -0.05) is 193 Å². The topological polar surface area (TPSA) is 192 Å². The fourth-order valence-electron chi connectivity index (χ4n) is 7.88. The number of hydrogen-bond acceptors (Lipinski definition) is 11. The number of esters is 1. The second kappa shape index (κ2) is 39.4. The molecule has 0 heterocycles. The molecule has 0 bridgehead atoms. The number of phosphoric acid groups is 1.